The number of carbonyl (C=O) groups is 3. The Morgan fingerprint density at radius 1 is 1.38 bits per heavy atom. The first-order valence-corrected chi connectivity index (χ1v) is 4.16. The van der Waals surface area contributed by atoms with Crippen LogP contribution < -0.4 is 5.11 Å². The Labute approximate surface area is 93.1 Å². The number of aliphatic carboxylic acids is 1. The van der Waals surface area contributed by atoms with Crippen LogP contribution in [0.2, 0.25) is 0 Å². The summed E-state index contributed by atoms with van der Waals surface area (Å²) in [7, 11) is 5.40. The van der Waals surface area contributed by atoms with Gasteiger partial charge in [-0.2, -0.15) is 0 Å². The van der Waals surface area contributed by atoms with Crippen molar-refractivity contribution in [2.24, 2.45) is 0 Å². The third-order valence-corrected chi connectivity index (χ3v) is 0.958. The molecule has 0 radical (unpaired) electrons. The van der Waals surface area contributed by atoms with E-state index in [4.69, 9.17) is 5.11 Å². The van der Waals surface area contributed by atoms with Gasteiger partial charge >= 0.3 is 12.1 Å². The van der Waals surface area contributed by atoms with Crippen LogP contribution in [0, 0.1) is 0 Å². The average molecular weight is 233 g/mol. The first-order chi connectivity index (χ1) is 7.08. The number of likely N-dealkylation sites (N-methyl/N-ethyl adjacent to an activating group) is 1. The third-order valence-electron chi connectivity index (χ3n) is 0.958. The minimum Gasteiger partial charge on any atom is -0.544 e. The monoisotopic (exact) mass is 233 g/mol. The lowest BCUT2D eigenvalue weighted by Crippen LogP contribution is -2.45. The fourth-order valence-electron chi connectivity index (χ4n) is 0.515. The van der Waals surface area contributed by atoms with Gasteiger partial charge in [-0.05, 0) is 0 Å². The van der Waals surface area contributed by atoms with Gasteiger partial charge in [-0.3, -0.25) is 0 Å². The van der Waals surface area contributed by atoms with Gasteiger partial charge in [-0.25, -0.2) is 9.59 Å². The lowest BCUT2D eigenvalue weighted by atomic mass is 10.5. The van der Waals surface area contributed by atoms with E-state index in [2.05, 4.69) is 11.3 Å². The third kappa shape index (κ3) is 18.0. The van der Waals surface area contributed by atoms with Crippen molar-refractivity contribution in [1.82, 2.24) is 0 Å². The maximum Gasteiger partial charge on any atom is 0.513 e. The zero-order chi connectivity index (χ0) is 13.4. The Kier molecular flexibility index (Phi) is 7.66. The van der Waals surface area contributed by atoms with Crippen LogP contribution in [0.5, 0.6) is 0 Å². The van der Waals surface area contributed by atoms with Gasteiger partial charge in [-0.1, -0.05) is 6.58 Å². The summed E-state index contributed by atoms with van der Waals surface area (Å²) in [5, 5.41) is 17.6. The van der Waals surface area contributed by atoms with E-state index >= 15 is 0 Å². The molecule has 92 valence electrons. The summed E-state index contributed by atoms with van der Waals surface area (Å²) < 4.78 is 3.98. The van der Waals surface area contributed by atoms with Crippen molar-refractivity contribution in [3.05, 3.63) is 12.7 Å². The Balaban J connectivity index is 0. The van der Waals surface area contributed by atoms with E-state index in [0.717, 1.165) is 6.08 Å². The van der Waals surface area contributed by atoms with Crippen molar-refractivity contribution in [1.29, 1.82) is 0 Å². The van der Waals surface area contributed by atoms with Crippen molar-refractivity contribution >= 4 is 18.1 Å². The summed E-state index contributed by atoms with van der Waals surface area (Å²) in [6.45, 7) is 3.05. The second-order valence-corrected chi connectivity index (χ2v) is 3.71. The van der Waals surface area contributed by atoms with E-state index in [1.165, 1.54) is 0 Å². The van der Waals surface area contributed by atoms with Crippen LogP contribution in [0.4, 0.5) is 4.79 Å². The van der Waals surface area contributed by atoms with Crippen LogP contribution in [-0.4, -0.2) is 55.4 Å². The molecule has 0 aliphatic heterocycles. The van der Waals surface area contributed by atoms with Crippen LogP contribution in [0.1, 0.15) is 0 Å². The number of carboxylic acids is 1. The molecule has 0 heterocycles. The second-order valence-electron chi connectivity index (χ2n) is 3.71. The molecule has 0 aromatic rings. The summed E-state index contributed by atoms with van der Waals surface area (Å²) in [6, 6.07) is 0. The molecule has 0 aliphatic rings. The Bertz CT molecular complexity index is 278. The molecule has 7 nitrogen and oxygen atoms in total. The van der Waals surface area contributed by atoms with Crippen molar-refractivity contribution < 1.29 is 33.8 Å². The molecule has 16 heavy (non-hydrogen) atoms. The molecule has 0 rings (SSSR count). The standard InChI is InChI=1S/C5H11NO2.C4H4O4/c1-6(2,3)4-5(7)8;1-2-3(5)8-4(6)7/h4H2,1-3H3;2H,1H2,(H,6,7). The van der Waals surface area contributed by atoms with Crippen LogP contribution in [0.15, 0.2) is 12.7 Å². The van der Waals surface area contributed by atoms with Crippen LogP contribution >= 0.6 is 0 Å². The molecule has 0 unspecified atom stereocenters. The highest BCUT2D eigenvalue weighted by molar-refractivity contribution is 5.88. The Hall–Kier alpha value is -1.89. The molecule has 0 aromatic heterocycles. The lowest BCUT2D eigenvalue weighted by molar-refractivity contribution is -0.864. The number of esters is 1. The zero-order valence-electron chi connectivity index (χ0n) is 9.43. The van der Waals surface area contributed by atoms with Gasteiger partial charge in [0, 0.05) is 6.08 Å². The smallest absolute Gasteiger partial charge is 0.513 e. The van der Waals surface area contributed by atoms with Gasteiger partial charge in [-0.15, -0.1) is 0 Å². The Morgan fingerprint density at radius 3 is 1.88 bits per heavy atom. The molecule has 0 aliphatic carbocycles. The molecule has 0 amide bonds. The second kappa shape index (κ2) is 7.41. The minimum absolute atomic E-state index is 0.0694. The summed E-state index contributed by atoms with van der Waals surface area (Å²) in [4.78, 5) is 29.3. The molecular formula is C9H15NO6. The predicted octanol–water partition coefficient (Wildman–Crippen LogP) is -1.16. The number of rotatable bonds is 3. The molecule has 0 atom stereocenters. The summed E-state index contributed by atoms with van der Waals surface area (Å²) >= 11 is 0. The maximum absolute atomic E-state index is 9.90. The number of ether oxygens (including phenoxy) is 1. The molecule has 0 saturated heterocycles. The highest BCUT2D eigenvalue weighted by Crippen LogP contribution is 1.85. The largest absolute Gasteiger partial charge is 0.544 e. The number of nitrogens with zero attached hydrogens (tertiary/aromatic N) is 1. The zero-order valence-corrected chi connectivity index (χ0v) is 9.43. The fraction of sp³-hybridized carbons (Fsp3) is 0.444. The SMILES string of the molecule is C=CC(=O)OC(=O)O.C[N+](C)(C)CC(=O)[O-]. The predicted molar refractivity (Wildman–Crippen MR) is 52.2 cm³/mol. The quantitative estimate of drug-likeness (QED) is 0.285. The number of hydrogen-bond donors (Lipinski definition) is 1. The van der Waals surface area contributed by atoms with Crippen LogP contribution in [-0.2, 0) is 14.3 Å². The van der Waals surface area contributed by atoms with E-state index < -0.39 is 18.1 Å². The van der Waals surface area contributed by atoms with E-state index in [9.17, 15) is 19.5 Å². The Morgan fingerprint density at radius 2 is 1.81 bits per heavy atom. The molecular weight excluding hydrogens is 218 g/mol. The van der Waals surface area contributed by atoms with Crippen molar-refractivity contribution in [2.45, 2.75) is 0 Å². The van der Waals surface area contributed by atoms with Crippen molar-refractivity contribution in [3.63, 3.8) is 0 Å². The molecule has 0 aromatic carbocycles. The lowest BCUT2D eigenvalue weighted by Gasteiger charge is -2.23. The topological polar surface area (TPSA) is 104 Å². The number of quaternary nitrogens is 1. The van der Waals surface area contributed by atoms with Gasteiger partial charge in [0.05, 0.1) is 27.1 Å². The molecule has 7 heteroatoms. The first kappa shape index (κ1) is 16.5. The van der Waals surface area contributed by atoms with Gasteiger partial charge < -0.3 is 24.2 Å². The van der Waals surface area contributed by atoms with Crippen molar-refractivity contribution in [2.75, 3.05) is 27.7 Å². The van der Waals surface area contributed by atoms with E-state index in [1.807, 2.05) is 0 Å². The molecule has 0 fully saturated rings. The molecule has 0 spiro atoms. The normalized spacial score (nSPS) is 9.44. The van der Waals surface area contributed by atoms with Gasteiger partial charge in [0.25, 0.3) is 0 Å². The summed E-state index contributed by atoms with van der Waals surface area (Å²) in [5.41, 5.74) is 0. The van der Waals surface area contributed by atoms with Gasteiger partial charge in [0.15, 0.2) is 0 Å². The van der Waals surface area contributed by atoms with Crippen LogP contribution in [0.3, 0.4) is 0 Å². The highest BCUT2D eigenvalue weighted by Gasteiger charge is 2.04. The summed E-state index contributed by atoms with van der Waals surface area (Å²) in [6.07, 6.45) is -0.844. The van der Waals surface area contributed by atoms with Gasteiger partial charge in [0.2, 0.25) is 0 Å². The number of carbonyl (C=O) groups excluding carboxylic acids is 2. The maximum atomic E-state index is 9.90. The van der Waals surface area contributed by atoms with E-state index in [0.29, 0.717) is 4.48 Å². The molecule has 0 bridgehead atoms. The van der Waals surface area contributed by atoms with E-state index in [-0.39, 0.29) is 6.54 Å². The van der Waals surface area contributed by atoms with Crippen LogP contribution in [0.25, 0.3) is 0 Å². The average Bonchev–Trinajstić information content (AvgIpc) is 1.98. The fourth-order valence-corrected chi connectivity index (χ4v) is 0.515. The first-order valence-electron chi connectivity index (χ1n) is 4.16. The highest BCUT2D eigenvalue weighted by atomic mass is 16.7. The number of carboxylic acid groups (broad SMARTS) is 2. The molecule has 0 saturated carbocycles. The van der Waals surface area contributed by atoms with E-state index in [1.54, 1.807) is 21.1 Å². The minimum atomic E-state index is -1.62. The van der Waals surface area contributed by atoms with Gasteiger partial charge in [0.1, 0.15) is 6.54 Å². The summed E-state index contributed by atoms with van der Waals surface area (Å²) in [5.74, 6) is -1.96. The van der Waals surface area contributed by atoms with Crippen molar-refractivity contribution in [3.8, 4) is 0 Å². The molecule has 1 N–H and O–H groups in total. The number of hydrogen-bond acceptors (Lipinski definition) is 5.